The highest BCUT2D eigenvalue weighted by Gasteiger charge is 2.14. The van der Waals surface area contributed by atoms with Crippen LogP contribution in [0.2, 0.25) is 0 Å². The van der Waals surface area contributed by atoms with Gasteiger partial charge in [0.05, 0.1) is 17.1 Å². The molecule has 0 unspecified atom stereocenters. The Hall–Kier alpha value is -6.13. The van der Waals surface area contributed by atoms with Crippen molar-refractivity contribution in [2.24, 2.45) is 0 Å². The molecule has 6 aromatic carbocycles. The van der Waals surface area contributed by atoms with Crippen LogP contribution in [0.3, 0.4) is 0 Å². The summed E-state index contributed by atoms with van der Waals surface area (Å²) < 4.78 is 0. The second kappa shape index (κ2) is 12.6. The molecule has 45 heavy (non-hydrogen) atoms. The van der Waals surface area contributed by atoms with Gasteiger partial charge in [0.25, 0.3) is 0 Å². The number of hydrogen-bond donors (Lipinski definition) is 2. The number of para-hydroxylation sites is 2. The first kappa shape index (κ1) is 27.7. The van der Waals surface area contributed by atoms with Crippen LogP contribution >= 0.6 is 0 Å². The summed E-state index contributed by atoms with van der Waals surface area (Å²) in [6.07, 6.45) is 0. The summed E-state index contributed by atoms with van der Waals surface area (Å²) >= 11 is 0. The maximum Gasteiger partial charge on any atom is 0.160 e. The average Bonchev–Trinajstić information content (AvgIpc) is 3.13. The van der Waals surface area contributed by atoms with Gasteiger partial charge in [-0.15, -0.1) is 0 Å². The summed E-state index contributed by atoms with van der Waals surface area (Å²) in [4.78, 5) is 10.0. The van der Waals surface area contributed by atoms with E-state index in [2.05, 4.69) is 53.8 Å². The number of rotatable bonds is 8. The molecule has 0 fully saturated rings. The van der Waals surface area contributed by atoms with E-state index in [0.29, 0.717) is 11.5 Å². The number of aromatic nitrogens is 2. The van der Waals surface area contributed by atoms with E-state index in [1.807, 2.05) is 121 Å². The third-order valence-electron chi connectivity index (χ3n) is 7.74. The van der Waals surface area contributed by atoms with Crippen LogP contribution in [0.1, 0.15) is 11.1 Å². The Kier molecular flexibility index (Phi) is 7.76. The third-order valence-corrected chi connectivity index (χ3v) is 7.74. The molecule has 7 aromatic rings. The molecule has 0 atom stereocenters. The van der Waals surface area contributed by atoms with Gasteiger partial charge in [-0.05, 0) is 41.5 Å². The minimum absolute atomic E-state index is 0.435. The normalized spacial score (nSPS) is 10.8. The Morgan fingerprint density at radius 2 is 0.978 bits per heavy atom. The lowest BCUT2D eigenvalue weighted by molar-refractivity contribution is 1.18. The van der Waals surface area contributed by atoms with Gasteiger partial charge in [0.1, 0.15) is 0 Å². The van der Waals surface area contributed by atoms with Crippen molar-refractivity contribution in [2.45, 2.75) is 0 Å². The average molecular weight is 579 g/mol. The van der Waals surface area contributed by atoms with Gasteiger partial charge < -0.3 is 5.32 Å². The van der Waals surface area contributed by atoms with Crippen molar-refractivity contribution >= 4 is 17.1 Å². The first-order valence-electron chi connectivity index (χ1n) is 14.9. The Bertz CT molecular complexity index is 2070. The molecule has 1 heterocycles. The predicted octanol–water partition coefficient (Wildman–Crippen LogP) is 10.3. The second-order valence-corrected chi connectivity index (χ2v) is 10.8. The van der Waals surface area contributed by atoms with Crippen LogP contribution in [0.25, 0.3) is 45.0 Å². The van der Waals surface area contributed by atoms with Gasteiger partial charge >= 0.3 is 0 Å². The van der Waals surface area contributed by atoms with Crippen LogP contribution in [0.4, 0.5) is 11.4 Å². The number of benzene rings is 6. The Labute approximate surface area is 263 Å². The highest BCUT2D eigenvalue weighted by molar-refractivity contribution is 6.14. The molecule has 0 aliphatic heterocycles. The first-order valence-corrected chi connectivity index (χ1v) is 14.9. The van der Waals surface area contributed by atoms with E-state index in [0.717, 1.165) is 56.1 Å². The van der Waals surface area contributed by atoms with Crippen LogP contribution in [-0.4, -0.2) is 15.7 Å². The predicted molar refractivity (Wildman–Crippen MR) is 186 cm³/mol. The van der Waals surface area contributed by atoms with Crippen LogP contribution in [-0.2, 0) is 0 Å². The zero-order valence-electron chi connectivity index (χ0n) is 24.6. The van der Waals surface area contributed by atoms with Crippen molar-refractivity contribution in [3.05, 3.63) is 181 Å². The van der Waals surface area contributed by atoms with Gasteiger partial charge in [-0.2, -0.15) is 0 Å². The fourth-order valence-electron chi connectivity index (χ4n) is 5.40. The van der Waals surface area contributed by atoms with Crippen molar-refractivity contribution in [1.82, 2.24) is 9.97 Å². The molecule has 0 saturated carbocycles. The van der Waals surface area contributed by atoms with E-state index in [4.69, 9.17) is 9.97 Å². The summed E-state index contributed by atoms with van der Waals surface area (Å²) in [6.45, 7) is 0. The molecule has 214 valence electrons. The summed E-state index contributed by atoms with van der Waals surface area (Å²) in [5.41, 5.74) is 10.8. The van der Waals surface area contributed by atoms with Crippen molar-refractivity contribution in [3.63, 3.8) is 0 Å². The van der Waals surface area contributed by atoms with Gasteiger partial charge in [0.2, 0.25) is 0 Å². The molecule has 0 aliphatic rings. The molecule has 0 spiro atoms. The Morgan fingerprint density at radius 3 is 1.69 bits per heavy atom. The van der Waals surface area contributed by atoms with Crippen LogP contribution in [0, 0.1) is 5.41 Å². The van der Waals surface area contributed by atoms with Gasteiger partial charge in [0, 0.05) is 39.2 Å². The van der Waals surface area contributed by atoms with Gasteiger partial charge in [-0.1, -0.05) is 140 Å². The molecule has 0 aliphatic carbocycles. The molecule has 0 bridgehead atoms. The fourth-order valence-corrected chi connectivity index (χ4v) is 5.40. The molecule has 0 saturated heterocycles. The van der Waals surface area contributed by atoms with E-state index >= 15 is 0 Å². The number of hydrogen-bond acceptors (Lipinski definition) is 4. The van der Waals surface area contributed by atoms with Crippen molar-refractivity contribution in [1.29, 1.82) is 5.41 Å². The highest BCUT2D eigenvalue weighted by Crippen LogP contribution is 2.31. The molecule has 0 radical (unpaired) electrons. The second-order valence-electron chi connectivity index (χ2n) is 10.8. The first-order chi connectivity index (χ1) is 22.2. The molecule has 0 amide bonds. The van der Waals surface area contributed by atoms with Gasteiger partial charge in [0.15, 0.2) is 5.82 Å². The third kappa shape index (κ3) is 6.17. The SMILES string of the molecule is N=C(c1cccc(-c2cc(-c3ccc(-c4ccccc4)cc3)nc(-c3ccccc3)n2)c1)c1ccccc1Nc1ccccc1. The monoisotopic (exact) mass is 578 g/mol. The fraction of sp³-hybridized carbons (Fsp3) is 0. The number of nitrogens with one attached hydrogen (secondary N) is 2. The van der Waals surface area contributed by atoms with E-state index in [1.54, 1.807) is 0 Å². The minimum Gasteiger partial charge on any atom is -0.355 e. The maximum atomic E-state index is 9.21. The molecule has 1 aromatic heterocycles. The van der Waals surface area contributed by atoms with Crippen molar-refractivity contribution in [2.75, 3.05) is 5.32 Å². The van der Waals surface area contributed by atoms with Crippen LogP contribution < -0.4 is 5.32 Å². The van der Waals surface area contributed by atoms with Crippen molar-refractivity contribution in [3.8, 4) is 45.0 Å². The molecule has 4 heteroatoms. The van der Waals surface area contributed by atoms with E-state index in [-0.39, 0.29) is 0 Å². The topological polar surface area (TPSA) is 61.7 Å². The quantitative estimate of drug-likeness (QED) is 0.176. The lowest BCUT2D eigenvalue weighted by Gasteiger charge is -2.14. The standard InChI is InChI=1S/C41H30N4/c42-40(36-21-10-11-22-37(36)43-35-19-8-3-9-20-35)34-18-12-17-33(27-34)39-28-38(44-41(45-39)32-15-6-2-7-16-32)31-25-23-30(24-26-31)29-13-4-1-5-14-29/h1-28,42-43H. The number of nitrogens with zero attached hydrogens (tertiary/aromatic N) is 2. The molecule has 2 N–H and O–H groups in total. The highest BCUT2D eigenvalue weighted by atomic mass is 14.9. The number of anilines is 2. The molecule has 7 rings (SSSR count). The maximum absolute atomic E-state index is 9.21. The summed E-state index contributed by atoms with van der Waals surface area (Å²) in [5.74, 6) is 0.660. The van der Waals surface area contributed by atoms with Gasteiger partial charge in [-0.3, -0.25) is 5.41 Å². The molecular formula is C41H30N4. The lowest BCUT2D eigenvalue weighted by Crippen LogP contribution is -2.06. The largest absolute Gasteiger partial charge is 0.355 e. The molecule has 4 nitrogen and oxygen atoms in total. The molecular weight excluding hydrogens is 548 g/mol. The van der Waals surface area contributed by atoms with Crippen LogP contribution in [0.15, 0.2) is 170 Å². The van der Waals surface area contributed by atoms with Crippen LogP contribution in [0.5, 0.6) is 0 Å². The zero-order valence-corrected chi connectivity index (χ0v) is 24.6. The van der Waals surface area contributed by atoms with Crippen molar-refractivity contribution < 1.29 is 0 Å². The minimum atomic E-state index is 0.435. The summed E-state index contributed by atoms with van der Waals surface area (Å²) in [5, 5.41) is 12.7. The Balaban J connectivity index is 1.26. The summed E-state index contributed by atoms with van der Waals surface area (Å²) in [6, 6.07) is 57.0. The van der Waals surface area contributed by atoms with E-state index < -0.39 is 0 Å². The smallest absolute Gasteiger partial charge is 0.160 e. The Morgan fingerprint density at radius 1 is 0.444 bits per heavy atom. The van der Waals surface area contributed by atoms with E-state index in [9.17, 15) is 5.41 Å². The van der Waals surface area contributed by atoms with Gasteiger partial charge in [-0.25, -0.2) is 9.97 Å². The zero-order chi connectivity index (χ0) is 30.4. The lowest BCUT2D eigenvalue weighted by atomic mass is 9.97. The van der Waals surface area contributed by atoms with E-state index in [1.165, 1.54) is 5.56 Å². The summed E-state index contributed by atoms with van der Waals surface area (Å²) in [7, 11) is 0.